The van der Waals surface area contributed by atoms with Crippen LogP contribution in [0.2, 0.25) is 0 Å². The number of esters is 1. The van der Waals surface area contributed by atoms with Crippen molar-refractivity contribution in [3.05, 3.63) is 23.5 Å². The smallest absolute Gasteiger partial charge is 0.351 e. The van der Waals surface area contributed by atoms with Gasteiger partial charge in [-0.2, -0.15) is 18.3 Å². The average Bonchev–Trinajstić information content (AvgIpc) is 2.45. The second kappa shape index (κ2) is 5.75. The van der Waals surface area contributed by atoms with Gasteiger partial charge in [-0.1, -0.05) is 0 Å². The van der Waals surface area contributed by atoms with Crippen LogP contribution in [0.1, 0.15) is 11.1 Å². The second-order valence-electron chi connectivity index (χ2n) is 4.23. The van der Waals surface area contributed by atoms with Crippen LogP contribution in [-0.2, 0) is 24.9 Å². The van der Waals surface area contributed by atoms with Crippen LogP contribution in [0.3, 0.4) is 0 Å². The van der Waals surface area contributed by atoms with Gasteiger partial charge in [0, 0.05) is 18.9 Å². The third-order valence-electron chi connectivity index (χ3n) is 2.86. The number of carbonyl (C=O) groups is 1. The molecule has 118 valence electrons. The van der Waals surface area contributed by atoms with Crippen molar-refractivity contribution in [2.24, 2.45) is 0 Å². The van der Waals surface area contributed by atoms with Gasteiger partial charge in [-0.3, -0.25) is 9.78 Å². The lowest BCUT2D eigenvalue weighted by Crippen LogP contribution is -2.43. The number of hydrogen-bond acceptors (Lipinski definition) is 6. The van der Waals surface area contributed by atoms with Gasteiger partial charge in [0.05, 0.1) is 11.1 Å². The Balaban J connectivity index is 2.57. The highest BCUT2D eigenvalue weighted by atomic mass is 35.5. The van der Waals surface area contributed by atoms with E-state index < -0.39 is 43.9 Å². The van der Waals surface area contributed by atoms with Crippen LogP contribution in [0.25, 0.3) is 0 Å². The zero-order chi connectivity index (χ0) is 16.5. The Morgan fingerprint density at radius 2 is 2.14 bits per heavy atom. The minimum atomic E-state index is -4.36. The van der Waals surface area contributed by atoms with Gasteiger partial charge in [0.1, 0.15) is 24.1 Å². The number of nitriles is 1. The molecule has 0 unspecified atom stereocenters. The van der Waals surface area contributed by atoms with E-state index in [0.717, 1.165) is 10.5 Å². The predicted molar refractivity (Wildman–Crippen MR) is 68.4 cm³/mol. The fourth-order valence-corrected chi connectivity index (χ4v) is 3.46. The number of aromatic nitrogens is 1. The maximum absolute atomic E-state index is 13.3. The largest absolute Gasteiger partial charge is 0.463 e. The number of carbonyl (C=O) groups excluding carboxylic acids is 1. The summed E-state index contributed by atoms with van der Waals surface area (Å²) >= 11 is 4.87. The van der Waals surface area contributed by atoms with Crippen molar-refractivity contribution < 1.29 is 26.7 Å². The lowest BCUT2D eigenvalue weighted by atomic mass is 10.1. The van der Waals surface area contributed by atoms with Crippen LogP contribution in [0.15, 0.2) is 17.3 Å². The highest BCUT2D eigenvalue weighted by Gasteiger charge is 2.38. The Hall–Kier alpha value is -1.83. The first-order valence-electron chi connectivity index (χ1n) is 5.79. The first kappa shape index (κ1) is 16.5. The Kier molecular flexibility index (Phi) is 4.32. The van der Waals surface area contributed by atoms with Crippen LogP contribution in [0.4, 0.5) is 8.78 Å². The van der Waals surface area contributed by atoms with Crippen molar-refractivity contribution in [2.45, 2.75) is 10.3 Å². The molecule has 1 aliphatic heterocycles. The van der Waals surface area contributed by atoms with Gasteiger partial charge in [-0.25, -0.2) is 8.42 Å². The first-order valence-corrected chi connectivity index (χ1v) is 7.61. The van der Waals surface area contributed by atoms with Crippen molar-refractivity contribution in [1.29, 1.82) is 5.26 Å². The number of cyclic esters (lactones) is 1. The van der Waals surface area contributed by atoms with Crippen LogP contribution in [0, 0.1) is 11.3 Å². The quantitative estimate of drug-likeness (QED) is 0.589. The minimum absolute atomic E-state index is 0.152. The minimum Gasteiger partial charge on any atom is -0.463 e. The molecular weight excluding hydrogens is 344 g/mol. The summed E-state index contributed by atoms with van der Waals surface area (Å²) in [5, 5.41) is 5.08. The Morgan fingerprint density at radius 1 is 1.45 bits per heavy atom. The third-order valence-corrected chi connectivity index (χ3v) is 4.92. The summed E-state index contributed by atoms with van der Waals surface area (Å²) in [6.07, 6.45) is 1.38. The number of rotatable bonds is 3. The van der Waals surface area contributed by atoms with E-state index in [-0.39, 0.29) is 13.2 Å². The lowest BCUT2D eigenvalue weighted by Gasteiger charge is -2.25. The molecule has 1 aromatic heterocycles. The van der Waals surface area contributed by atoms with Crippen molar-refractivity contribution in [1.82, 2.24) is 9.29 Å². The number of pyridine rings is 1. The number of morpholine rings is 1. The fraction of sp³-hybridized carbons (Fsp3) is 0.364. The van der Waals surface area contributed by atoms with E-state index in [4.69, 9.17) is 16.9 Å². The van der Waals surface area contributed by atoms with Crippen molar-refractivity contribution >= 4 is 27.6 Å². The van der Waals surface area contributed by atoms with Gasteiger partial charge in [0.15, 0.2) is 0 Å². The van der Waals surface area contributed by atoms with Crippen LogP contribution >= 0.6 is 11.6 Å². The van der Waals surface area contributed by atoms with E-state index >= 15 is 0 Å². The standard InChI is InChI=1S/C11H8ClF2N3O4S/c12-11(13,14)8-4-16-5-9(7(8)3-15)22(19,20)17-1-2-21-10(18)6-17/h4-5H,1-2,6H2. The van der Waals surface area contributed by atoms with Crippen LogP contribution in [0.5, 0.6) is 0 Å². The SMILES string of the molecule is N#Cc1c(C(F)(F)Cl)cncc1S(=O)(=O)N1CCOC(=O)C1. The van der Waals surface area contributed by atoms with Crippen LogP contribution < -0.4 is 0 Å². The summed E-state index contributed by atoms with van der Waals surface area (Å²) in [6.45, 7) is -0.895. The fourth-order valence-electron chi connectivity index (χ4n) is 1.84. The molecule has 7 nitrogen and oxygen atoms in total. The molecule has 22 heavy (non-hydrogen) atoms. The molecule has 1 saturated heterocycles. The van der Waals surface area contributed by atoms with Gasteiger partial charge < -0.3 is 4.74 Å². The van der Waals surface area contributed by atoms with E-state index in [9.17, 15) is 22.0 Å². The van der Waals surface area contributed by atoms with Gasteiger partial charge in [0.25, 0.3) is 0 Å². The molecule has 0 saturated carbocycles. The van der Waals surface area contributed by atoms with Crippen LogP contribution in [-0.4, -0.2) is 43.4 Å². The normalized spacial score (nSPS) is 16.9. The third kappa shape index (κ3) is 3.01. The molecule has 1 aromatic rings. The van der Waals surface area contributed by atoms with Crippen molar-refractivity contribution in [3.63, 3.8) is 0 Å². The maximum Gasteiger partial charge on any atom is 0.351 e. The number of ether oxygens (including phenoxy) is 1. The molecule has 2 rings (SSSR count). The molecule has 1 aliphatic rings. The molecule has 1 fully saturated rings. The van der Waals surface area contributed by atoms with Crippen molar-refractivity contribution in [2.75, 3.05) is 19.7 Å². The van der Waals surface area contributed by atoms with E-state index in [1.165, 1.54) is 6.07 Å². The maximum atomic E-state index is 13.3. The molecule has 0 radical (unpaired) electrons. The number of sulfonamides is 1. The molecule has 0 spiro atoms. The Morgan fingerprint density at radius 3 is 2.68 bits per heavy atom. The first-order chi connectivity index (χ1) is 10.2. The molecule has 0 N–H and O–H groups in total. The number of halogens is 3. The Labute approximate surface area is 129 Å². The predicted octanol–water partition coefficient (Wildman–Crippen LogP) is 0.789. The summed E-state index contributed by atoms with van der Waals surface area (Å²) in [6, 6.07) is 1.40. The molecule has 11 heteroatoms. The van der Waals surface area contributed by atoms with E-state index in [2.05, 4.69) is 9.72 Å². The molecule has 0 atom stereocenters. The highest BCUT2D eigenvalue weighted by Crippen LogP contribution is 2.36. The Bertz CT molecular complexity index is 758. The molecule has 0 aromatic carbocycles. The number of hydrogen-bond donors (Lipinski definition) is 0. The molecular formula is C11H8ClF2N3O4S. The summed E-state index contributed by atoms with van der Waals surface area (Å²) < 4.78 is 56.7. The number of nitrogens with zero attached hydrogens (tertiary/aromatic N) is 3. The van der Waals surface area contributed by atoms with E-state index in [1.54, 1.807) is 0 Å². The number of alkyl halides is 3. The zero-order valence-electron chi connectivity index (χ0n) is 10.8. The summed E-state index contributed by atoms with van der Waals surface area (Å²) in [5.41, 5.74) is -1.83. The van der Waals surface area contributed by atoms with Crippen molar-refractivity contribution in [3.8, 4) is 6.07 Å². The van der Waals surface area contributed by atoms with Gasteiger partial charge >= 0.3 is 11.4 Å². The van der Waals surface area contributed by atoms with Gasteiger partial charge in [-0.15, -0.1) is 0 Å². The lowest BCUT2D eigenvalue weighted by molar-refractivity contribution is -0.147. The average molecular weight is 352 g/mol. The van der Waals surface area contributed by atoms with Gasteiger partial charge in [-0.05, 0) is 11.6 Å². The topological polar surface area (TPSA) is 100 Å². The zero-order valence-corrected chi connectivity index (χ0v) is 12.4. The molecule has 0 bridgehead atoms. The monoisotopic (exact) mass is 351 g/mol. The summed E-state index contributed by atoms with van der Waals surface area (Å²) in [4.78, 5) is 13.9. The summed E-state index contributed by atoms with van der Waals surface area (Å²) in [5.74, 6) is -0.778. The van der Waals surface area contributed by atoms with E-state index in [1.807, 2.05) is 0 Å². The molecule has 0 aliphatic carbocycles. The van der Waals surface area contributed by atoms with E-state index in [0.29, 0.717) is 6.20 Å². The van der Waals surface area contributed by atoms with Gasteiger partial charge in [0.2, 0.25) is 10.0 Å². The highest BCUT2D eigenvalue weighted by molar-refractivity contribution is 7.89. The summed E-state index contributed by atoms with van der Waals surface area (Å²) in [7, 11) is -4.36. The molecule has 2 heterocycles. The second-order valence-corrected chi connectivity index (χ2v) is 6.61. The molecule has 0 amide bonds.